The lowest BCUT2D eigenvalue weighted by molar-refractivity contribution is -0.140. The number of ether oxygens (including phenoxy) is 2. The topological polar surface area (TPSA) is 79.3 Å². The maximum Gasteiger partial charge on any atom is 0.295 e. The molecule has 0 saturated carbocycles. The van der Waals surface area contributed by atoms with Gasteiger partial charge in [-0.2, -0.15) is 0 Å². The molecule has 1 atom stereocenters. The molecule has 2 aliphatic rings. The highest BCUT2D eigenvalue weighted by Crippen LogP contribution is 2.40. The molecule has 2 heterocycles. The zero-order valence-electron chi connectivity index (χ0n) is 21.8. The average molecular weight is 592 g/mol. The molecule has 0 aromatic heterocycles. The zero-order valence-corrected chi connectivity index (χ0v) is 23.4. The summed E-state index contributed by atoms with van der Waals surface area (Å²) in [6.45, 7) is 6.31. The fourth-order valence-corrected chi connectivity index (χ4v) is 5.46. The predicted molar refractivity (Wildman–Crippen MR) is 152 cm³/mol. The van der Waals surface area contributed by atoms with Crippen LogP contribution in [0.4, 0.5) is 0 Å². The molecule has 3 aromatic rings. The summed E-state index contributed by atoms with van der Waals surface area (Å²) in [6.07, 6.45) is 0. The molecule has 7 nitrogen and oxygen atoms in total. The number of halogens is 1. The maximum atomic E-state index is 13.3. The number of carbonyl (C=O) groups is 2. The van der Waals surface area contributed by atoms with Crippen LogP contribution >= 0.6 is 15.9 Å². The lowest BCUT2D eigenvalue weighted by atomic mass is 9.95. The number of carbonyl (C=O) groups excluding carboxylic acids is 2. The van der Waals surface area contributed by atoms with Crippen LogP contribution in [-0.4, -0.2) is 66.0 Å². The van der Waals surface area contributed by atoms with E-state index in [2.05, 4.69) is 26.9 Å². The van der Waals surface area contributed by atoms with Crippen molar-refractivity contribution in [2.45, 2.75) is 19.6 Å². The van der Waals surface area contributed by atoms with Crippen LogP contribution in [0.5, 0.6) is 5.75 Å². The standard InChI is InChI=1S/C31H31BrN2O5/c1-21-4-2-5-22(18-21)20-39-26-10-8-23(9-11-26)29(35)27-28(24-6-3-7-25(32)19-24)34(31(37)30(27)36)13-12-33-14-16-38-17-15-33/h2-11,18-19,28,35H,12-17,20H2,1H3/b29-27+. The Morgan fingerprint density at radius 2 is 1.74 bits per heavy atom. The number of aliphatic hydroxyl groups is 1. The maximum absolute atomic E-state index is 13.3. The van der Waals surface area contributed by atoms with E-state index in [1.165, 1.54) is 0 Å². The van der Waals surface area contributed by atoms with Gasteiger partial charge in [-0.3, -0.25) is 14.5 Å². The van der Waals surface area contributed by atoms with Gasteiger partial charge in [0.2, 0.25) is 0 Å². The molecule has 202 valence electrons. The van der Waals surface area contributed by atoms with Crippen molar-refractivity contribution >= 4 is 33.4 Å². The Hall–Kier alpha value is -3.46. The second-order valence-corrected chi connectivity index (χ2v) is 10.7. The minimum absolute atomic E-state index is 0.0912. The number of ketones is 1. The van der Waals surface area contributed by atoms with Crippen LogP contribution in [0.3, 0.4) is 0 Å². The third-order valence-electron chi connectivity index (χ3n) is 7.08. The molecule has 1 unspecified atom stereocenters. The molecule has 5 rings (SSSR count). The van der Waals surface area contributed by atoms with Gasteiger partial charge in [0.15, 0.2) is 0 Å². The van der Waals surface area contributed by atoms with Gasteiger partial charge in [0.25, 0.3) is 11.7 Å². The number of hydrogen-bond donors (Lipinski definition) is 1. The third kappa shape index (κ3) is 6.24. The number of aliphatic hydroxyl groups excluding tert-OH is 1. The molecular formula is C31H31BrN2O5. The van der Waals surface area contributed by atoms with Crippen LogP contribution in [0.1, 0.15) is 28.3 Å². The van der Waals surface area contributed by atoms with E-state index >= 15 is 0 Å². The van der Waals surface area contributed by atoms with Crippen LogP contribution in [0.2, 0.25) is 0 Å². The van der Waals surface area contributed by atoms with E-state index in [0.717, 1.165) is 34.3 Å². The van der Waals surface area contributed by atoms with Gasteiger partial charge in [0, 0.05) is 36.2 Å². The molecule has 1 amide bonds. The van der Waals surface area contributed by atoms with Crippen molar-refractivity contribution in [1.29, 1.82) is 0 Å². The van der Waals surface area contributed by atoms with Crippen molar-refractivity contribution < 1.29 is 24.2 Å². The first-order valence-electron chi connectivity index (χ1n) is 13.0. The van der Waals surface area contributed by atoms with Gasteiger partial charge in [-0.1, -0.05) is 57.9 Å². The zero-order chi connectivity index (χ0) is 27.4. The van der Waals surface area contributed by atoms with Crippen molar-refractivity contribution in [3.05, 3.63) is 105 Å². The molecule has 2 aliphatic heterocycles. The van der Waals surface area contributed by atoms with Gasteiger partial charge >= 0.3 is 0 Å². The van der Waals surface area contributed by atoms with E-state index < -0.39 is 17.7 Å². The number of rotatable bonds is 8. The van der Waals surface area contributed by atoms with Crippen LogP contribution < -0.4 is 4.74 Å². The van der Waals surface area contributed by atoms with Crippen LogP contribution in [0, 0.1) is 6.92 Å². The van der Waals surface area contributed by atoms with Crippen LogP contribution in [-0.2, 0) is 20.9 Å². The summed E-state index contributed by atoms with van der Waals surface area (Å²) in [5.74, 6) is -0.841. The first-order valence-corrected chi connectivity index (χ1v) is 13.8. The number of benzene rings is 3. The van der Waals surface area contributed by atoms with Crippen molar-refractivity contribution in [2.24, 2.45) is 0 Å². The Kier molecular flexibility index (Phi) is 8.45. The molecule has 3 aromatic carbocycles. The van der Waals surface area contributed by atoms with Crippen LogP contribution in [0.25, 0.3) is 5.76 Å². The van der Waals surface area contributed by atoms with Gasteiger partial charge in [0.05, 0.1) is 24.8 Å². The smallest absolute Gasteiger partial charge is 0.295 e. The Bertz CT molecular complexity index is 1380. The number of nitrogens with zero attached hydrogens (tertiary/aromatic N) is 2. The number of likely N-dealkylation sites (tertiary alicyclic amines) is 1. The summed E-state index contributed by atoms with van der Waals surface area (Å²) in [5, 5.41) is 11.4. The van der Waals surface area contributed by atoms with Gasteiger partial charge in [-0.05, 0) is 54.4 Å². The third-order valence-corrected chi connectivity index (χ3v) is 7.57. The fraction of sp³-hybridized carbons (Fsp3) is 0.290. The van der Waals surface area contributed by atoms with Crippen molar-refractivity contribution in [3.63, 3.8) is 0 Å². The highest BCUT2D eigenvalue weighted by Gasteiger charge is 2.46. The van der Waals surface area contributed by atoms with Crippen LogP contribution in [0.15, 0.2) is 82.8 Å². The monoisotopic (exact) mass is 590 g/mol. The van der Waals surface area contributed by atoms with Crippen molar-refractivity contribution in [1.82, 2.24) is 9.80 Å². The summed E-state index contributed by atoms with van der Waals surface area (Å²) in [6, 6.07) is 21.9. The summed E-state index contributed by atoms with van der Waals surface area (Å²) >= 11 is 3.50. The highest BCUT2D eigenvalue weighted by molar-refractivity contribution is 9.10. The number of Topliss-reactive ketones (excluding diaryl/α,β-unsaturated/α-hetero) is 1. The first-order chi connectivity index (χ1) is 18.9. The molecule has 0 spiro atoms. The fourth-order valence-electron chi connectivity index (χ4n) is 5.04. The number of amides is 1. The average Bonchev–Trinajstić information content (AvgIpc) is 3.20. The normalized spacial score (nSPS) is 19.4. The molecule has 1 N–H and O–H groups in total. The van der Waals surface area contributed by atoms with Gasteiger partial charge < -0.3 is 19.5 Å². The van der Waals surface area contributed by atoms with Gasteiger partial charge in [-0.25, -0.2) is 0 Å². The van der Waals surface area contributed by atoms with E-state index in [1.54, 1.807) is 29.2 Å². The highest BCUT2D eigenvalue weighted by atomic mass is 79.9. The molecule has 2 saturated heterocycles. The van der Waals surface area contributed by atoms with Gasteiger partial charge in [0.1, 0.15) is 18.1 Å². The SMILES string of the molecule is Cc1cccc(COc2ccc(/C(O)=C3\C(=O)C(=O)N(CCN4CCOCC4)C3c3cccc(Br)c3)cc2)c1. The Morgan fingerprint density at radius 3 is 2.46 bits per heavy atom. The van der Waals surface area contributed by atoms with Crippen molar-refractivity contribution in [3.8, 4) is 5.75 Å². The Morgan fingerprint density at radius 1 is 1.00 bits per heavy atom. The summed E-state index contributed by atoms with van der Waals surface area (Å²) in [7, 11) is 0. The lowest BCUT2D eigenvalue weighted by Gasteiger charge is -2.31. The summed E-state index contributed by atoms with van der Waals surface area (Å²) in [4.78, 5) is 30.4. The molecule has 39 heavy (non-hydrogen) atoms. The summed E-state index contributed by atoms with van der Waals surface area (Å²) in [5.41, 5.74) is 3.52. The minimum atomic E-state index is -0.694. The predicted octanol–water partition coefficient (Wildman–Crippen LogP) is 5.09. The largest absolute Gasteiger partial charge is 0.507 e. The van der Waals surface area contributed by atoms with E-state index in [4.69, 9.17) is 9.47 Å². The molecule has 0 aliphatic carbocycles. The Labute approximate surface area is 236 Å². The number of aryl methyl sites for hydroxylation is 1. The second-order valence-electron chi connectivity index (χ2n) is 9.80. The van der Waals surface area contributed by atoms with Crippen molar-refractivity contribution in [2.75, 3.05) is 39.4 Å². The molecule has 0 bridgehead atoms. The molecule has 2 fully saturated rings. The Balaban J connectivity index is 1.41. The van der Waals surface area contributed by atoms with E-state index in [0.29, 0.717) is 44.2 Å². The number of hydrogen-bond acceptors (Lipinski definition) is 6. The van der Waals surface area contributed by atoms with E-state index in [1.807, 2.05) is 49.4 Å². The minimum Gasteiger partial charge on any atom is -0.507 e. The lowest BCUT2D eigenvalue weighted by Crippen LogP contribution is -2.42. The van der Waals surface area contributed by atoms with E-state index in [-0.39, 0.29) is 11.3 Å². The molecule has 0 radical (unpaired) electrons. The molecule has 8 heteroatoms. The first kappa shape index (κ1) is 27.1. The van der Waals surface area contributed by atoms with Gasteiger partial charge in [-0.15, -0.1) is 0 Å². The van der Waals surface area contributed by atoms with E-state index in [9.17, 15) is 14.7 Å². The molecular weight excluding hydrogens is 560 g/mol. The summed E-state index contributed by atoms with van der Waals surface area (Å²) < 4.78 is 12.2. The quantitative estimate of drug-likeness (QED) is 0.224. The second kappa shape index (κ2) is 12.2. The number of morpholine rings is 1.